The number of anilines is 1. The van der Waals surface area contributed by atoms with Crippen LogP contribution in [0.3, 0.4) is 0 Å². The summed E-state index contributed by atoms with van der Waals surface area (Å²) in [7, 11) is 0. The molecule has 1 aromatic heterocycles. The zero-order valence-electron chi connectivity index (χ0n) is 19.6. The van der Waals surface area contributed by atoms with E-state index < -0.39 is 0 Å². The van der Waals surface area contributed by atoms with Crippen molar-refractivity contribution in [1.82, 2.24) is 10.5 Å². The van der Waals surface area contributed by atoms with Crippen LogP contribution >= 0.6 is 0 Å². The summed E-state index contributed by atoms with van der Waals surface area (Å²) in [4.78, 5) is 12.6. The molecule has 2 heterocycles. The molecule has 6 heteroatoms. The summed E-state index contributed by atoms with van der Waals surface area (Å²) in [5, 5.41) is 20.3. The van der Waals surface area contributed by atoms with Gasteiger partial charge in [0, 0.05) is 29.8 Å². The summed E-state index contributed by atoms with van der Waals surface area (Å²) in [6.45, 7) is 8.37. The molecule has 3 aromatic rings. The summed E-state index contributed by atoms with van der Waals surface area (Å²) < 4.78 is 5.65. The number of hydrogen-bond donors (Lipinski definition) is 3. The van der Waals surface area contributed by atoms with Crippen LogP contribution < -0.4 is 10.6 Å². The van der Waals surface area contributed by atoms with E-state index in [1.807, 2.05) is 6.07 Å². The lowest BCUT2D eigenvalue weighted by atomic mass is 9.81. The normalized spacial score (nSPS) is 18.8. The molecule has 6 nitrogen and oxygen atoms in total. The van der Waals surface area contributed by atoms with Gasteiger partial charge in [-0.2, -0.15) is 0 Å². The fourth-order valence-electron chi connectivity index (χ4n) is 4.47. The molecular formula is C27H33N3O3. The molecule has 0 spiro atoms. The van der Waals surface area contributed by atoms with Crippen molar-refractivity contribution in [2.45, 2.75) is 45.4 Å². The Kier molecular flexibility index (Phi) is 6.84. The highest BCUT2D eigenvalue weighted by molar-refractivity contribution is 5.91. The third-order valence-electron chi connectivity index (χ3n) is 6.41. The number of carbonyl (C=O) groups excluding carboxylic acids is 1. The van der Waals surface area contributed by atoms with Crippen LogP contribution in [0.5, 0.6) is 5.75 Å². The van der Waals surface area contributed by atoms with E-state index in [0.717, 1.165) is 42.9 Å². The molecule has 0 radical (unpaired) electrons. The number of hydrogen-bond acceptors (Lipinski definition) is 5. The third-order valence-corrected chi connectivity index (χ3v) is 6.41. The zero-order chi connectivity index (χ0) is 23.4. The standard InChI is InChI=1S/C27H33N3O3/c1-27(2,3)21-9-7-18(8-10-21)25-16-23(30-33-25)13-20-17-28-12-11-19(20)14-26(32)29-22-5-4-6-24(31)15-22/h4-10,15-16,19-20,28,31H,11-14,17H2,1-3H3,(H,29,32)/t19-,20+/m0/s1. The first-order valence-corrected chi connectivity index (χ1v) is 11.6. The highest BCUT2D eigenvalue weighted by Crippen LogP contribution is 2.30. The Morgan fingerprint density at radius 1 is 1.15 bits per heavy atom. The van der Waals surface area contributed by atoms with Gasteiger partial charge >= 0.3 is 0 Å². The minimum absolute atomic E-state index is 0.0303. The molecule has 0 saturated carbocycles. The van der Waals surface area contributed by atoms with Crippen molar-refractivity contribution in [2.75, 3.05) is 18.4 Å². The van der Waals surface area contributed by atoms with Gasteiger partial charge in [0.2, 0.25) is 5.91 Å². The number of aromatic nitrogens is 1. The predicted octanol–water partition coefficient (Wildman–Crippen LogP) is 5.14. The highest BCUT2D eigenvalue weighted by atomic mass is 16.5. The summed E-state index contributed by atoms with van der Waals surface area (Å²) in [6, 6.07) is 17.1. The van der Waals surface area contributed by atoms with Gasteiger partial charge in [-0.25, -0.2) is 0 Å². The summed E-state index contributed by atoms with van der Waals surface area (Å²) in [5.74, 6) is 1.44. The van der Waals surface area contributed by atoms with E-state index in [1.54, 1.807) is 24.3 Å². The van der Waals surface area contributed by atoms with Crippen molar-refractivity contribution >= 4 is 11.6 Å². The number of amides is 1. The van der Waals surface area contributed by atoms with Gasteiger partial charge in [0.15, 0.2) is 5.76 Å². The van der Waals surface area contributed by atoms with E-state index in [1.165, 1.54) is 5.56 Å². The van der Waals surface area contributed by atoms with E-state index in [9.17, 15) is 9.90 Å². The van der Waals surface area contributed by atoms with Crippen LogP contribution in [-0.2, 0) is 16.6 Å². The van der Waals surface area contributed by atoms with E-state index in [0.29, 0.717) is 18.0 Å². The number of aromatic hydroxyl groups is 1. The maximum absolute atomic E-state index is 12.6. The maximum atomic E-state index is 12.6. The van der Waals surface area contributed by atoms with E-state index in [4.69, 9.17) is 4.52 Å². The van der Waals surface area contributed by atoms with Gasteiger partial charge in [-0.1, -0.05) is 56.3 Å². The number of benzene rings is 2. The first-order chi connectivity index (χ1) is 15.8. The highest BCUT2D eigenvalue weighted by Gasteiger charge is 2.28. The molecule has 1 saturated heterocycles. The average molecular weight is 448 g/mol. The third kappa shape index (κ3) is 6.02. The number of piperidine rings is 1. The Morgan fingerprint density at radius 3 is 2.67 bits per heavy atom. The molecule has 33 heavy (non-hydrogen) atoms. The number of nitrogens with one attached hydrogen (secondary N) is 2. The average Bonchev–Trinajstić information content (AvgIpc) is 3.23. The van der Waals surface area contributed by atoms with E-state index in [-0.39, 0.29) is 23.0 Å². The summed E-state index contributed by atoms with van der Waals surface area (Å²) >= 11 is 0. The second-order valence-corrected chi connectivity index (χ2v) is 10.0. The van der Waals surface area contributed by atoms with Crippen LogP contribution in [0, 0.1) is 11.8 Å². The molecule has 1 amide bonds. The summed E-state index contributed by atoms with van der Waals surface area (Å²) in [5.41, 5.74) is 3.94. The molecule has 174 valence electrons. The number of carbonyl (C=O) groups is 1. The molecule has 2 atom stereocenters. The van der Waals surface area contributed by atoms with Gasteiger partial charge in [0.05, 0.1) is 5.69 Å². The van der Waals surface area contributed by atoms with Crippen molar-refractivity contribution in [3.05, 3.63) is 65.9 Å². The fraction of sp³-hybridized carbons (Fsp3) is 0.407. The zero-order valence-corrected chi connectivity index (χ0v) is 19.6. The van der Waals surface area contributed by atoms with Crippen LogP contribution in [0.4, 0.5) is 5.69 Å². The largest absolute Gasteiger partial charge is 0.508 e. The quantitative estimate of drug-likeness (QED) is 0.487. The topological polar surface area (TPSA) is 87.4 Å². The number of phenols is 1. The SMILES string of the molecule is CC(C)(C)c1ccc(-c2cc(C[C@@H]3CNCC[C@H]3CC(=O)Nc3cccc(O)c3)no2)cc1. The Morgan fingerprint density at radius 2 is 1.94 bits per heavy atom. The molecule has 3 N–H and O–H groups in total. The molecule has 0 bridgehead atoms. The van der Waals surface area contributed by atoms with Crippen molar-refractivity contribution in [3.8, 4) is 17.1 Å². The van der Waals surface area contributed by atoms with Crippen molar-refractivity contribution in [1.29, 1.82) is 0 Å². The van der Waals surface area contributed by atoms with Gasteiger partial charge in [0.1, 0.15) is 5.75 Å². The second kappa shape index (κ2) is 9.79. The minimum Gasteiger partial charge on any atom is -0.508 e. The smallest absolute Gasteiger partial charge is 0.224 e. The minimum atomic E-state index is -0.0303. The number of nitrogens with zero attached hydrogens (tertiary/aromatic N) is 1. The van der Waals surface area contributed by atoms with E-state index >= 15 is 0 Å². The Labute approximate surface area is 195 Å². The Bertz CT molecular complexity index is 1080. The van der Waals surface area contributed by atoms with Crippen LogP contribution in [-0.4, -0.2) is 29.3 Å². The lowest BCUT2D eigenvalue weighted by Crippen LogP contribution is -2.39. The molecular weight excluding hydrogens is 414 g/mol. The van der Waals surface area contributed by atoms with Gasteiger partial charge in [0.25, 0.3) is 0 Å². The monoisotopic (exact) mass is 447 g/mol. The number of rotatable bonds is 6. The van der Waals surface area contributed by atoms with Crippen molar-refractivity contribution < 1.29 is 14.4 Å². The second-order valence-electron chi connectivity index (χ2n) is 10.0. The van der Waals surface area contributed by atoms with Crippen LogP contribution in [0.2, 0.25) is 0 Å². The van der Waals surface area contributed by atoms with Gasteiger partial charge in [-0.3, -0.25) is 4.79 Å². The lowest BCUT2D eigenvalue weighted by Gasteiger charge is -2.31. The first kappa shape index (κ1) is 23.1. The molecule has 1 fully saturated rings. The molecule has 2 aromatic carbocycles. The molecule has 0 aliphatic carbocycles. The Balaban J connectivity index is 1.39. The Hall–Kier alpha value is -3.12. The van der Waals surface area contributed by atoms with E-state index in [2.05, 4.69) is 60.8 Å². The molecule has 1 aliphatic rings. The molecule has 0 unspecified atom stereocenters. The predicted molar refractivity (Wildman–Crippen MR) is 130 cm³/mol. The lowest BCUT2D eigenvalue weighted by molar-refractivity contribution is -0.117. The first-order valence-electron chi connectivity index (χ1n) is 11.6. The van der Waals surface area contributed by atoms with Crippen LogP contribution in [0.15, 0.2) is 59.1 Å². The summed E-state index contributed by atoms with van der Waals surface area (Å²) in [6.07, 6.45) is 2.15. The van der Waals surface area contributed by atoms with Gasteiger partial charge in [-0.05, 0) is 60.9 Å². The maximum Gasteiger partial charge on any atom is 0.224 e. The van der Waals surface area contributed by atoms with Crippen molar-refractivity contribution in [3.63, 3.8) is 0 Å². The van der Waals surface area contributed by atoms with Crippen molar-refractivity contribution in [2.24, 2.45) is 11.8 Å². The number of phenolic OH excluding ortho intramolecular Hbond substituents is 1. The van der Waals surface area contributed by atoms with Gasteiger partial charge in [-0.15, -0.1) is 0 Å². The van der Waals surface area contributed by atoms with Crippen LogP contribution in [0.25, 0.3) is 11.3 Å². The molecule has 1 aliphatic heterocycles. The fourth-order valence-corrected chi connectivity index (χ4v) is 4.47. The van der Waals surface area contributed by atoms with Gasteiger partial charge < -0.3 is 20.3 Å². The van der Waals surface area contributed by atoms with Crippen LogP contribution in [0.1, 0.15) is 44.9 Å². The molecule has 4 rings (SSSR count).